The van der Waals surface area contributed by atoms with Gasteiger partial charge in [-0.15, -0.1) is 0 Å². The highest BCUT2D eigenvalue weighted by atomic mass is 16.3. The number of carbonyl (C=O) groups is 2. The lowest BCUT2D eigenvalue weighted by Crippen LogP contribution is -2.65. The molecule has 5 rings (SSSR count). The van der Waals surface area contributed by atoms with Gasteiger partial charge in [0.25, 0.3) is 5.91 Å². The summed E-state index contributed by atoms with van der Waals surface area (Å²) < 4.78 is 7.57. The number of amides is 2. The fourth-order valence-corrected chi connectivity index (χ4v) is 6.54. The molecule has 0 radical (unpaired) electrons. The first kappa shape index (κ1) is 23.5. The molecule has 1 aliphatic carbocycles. The van der Waals surface area contributed by atoms with Gasteiger partial charge in [-0.2, -0.15) is 0 Å². The molecule has 34 heavy (non-hydrogen) atoms. The Balaban J connectivity index is 1.38. The van der Waals surface area contributed by atoms with Gasteiger partial charge in [-0.3, -0.25) is 14.5 Å². The summed E-state index contributed by atoms with van der Waals surface area (Å²) in [5, 5.41) is 3.32. The predicted molar refractivity (Wildman–Crippen MR) is 133 cm³/mol. The van der Waals surface area contributed by atoms with Crippen molar-refractivity contribution in [2.24, 2.45) is 0 Å². The Morgan fingerprint density at radius 2 is 1.82 bits per heavy atom. The van der Waals surface area contributed by atoms with E-state index in [0.717, 1.165) is 44.2 Å². The zero-order chi connectivity index (χ0) is 23.9. The smallest absolute Gasteiger partial charge is 0.271 e. The molecule has 7 nitrogen and oxygen atoms in total. The van der Waals surface area contributed by atoms with Gasteiger partial charge >= 0.3 is 0 Å². The maximum absolute atomic E-state index is 13.8. The molecule has 0 spiro atoms. The first-order valence-corrected chi connectivity index (χ1v) is 13.3. The van der Waals surface area contributed by atoms with Crippen molar-refractivity contribution in [3.63, 3.8) is 0 Å². The molecule has 2 amide bonds. The summed E-state index contributed by atoms with van der Waals surface area (Å²) in [7, 11) is 0. The Morgan fingerprint density at radius 1 is 1.09 bits per heavy atom. The van der Waals surface area contributed by atoms with Crippen LogP contribution in [0.4, 0.5) is 0 Å². The number of hydrogen-bond acceptors (Lipinski definition) is 4. The maximum atomic E-state index is 13.8. The molecule has 2 aliphatic heterocycles. The summed E-state index contributed by atoms with van der Waals surface area (Å²) in [5.74, 6) is -0.0952. The van der Waals surface area contributed by atoms with Gasteiger partial charge in [-0.05, 0) is 52.9 Å². The molecule has 1 N–H and O–H groups in total. The number of nitrogens with zero attached hydrogens (tertiary/aromatic N) is 3. The third kappa shape index (κ3) is 4.16. The van der Waals surface area contributed by atoms with Crippen molar-refractivity contribution in [2.75, 3.05) is 13.1 Å². The molecule has 2 aromatic rings. The van der Waals surface area contributed by atoms with Crippen LogP contribution in [0, 0.1) is 0 Å². The topological polar surface area (TPSA) is 70.7 Å². The zero-order valence-corrected chi connectivity index (χ0v) is 21.0. The minimum absolute atomic E-state index is 0.0246. The van der Waals surface area contributed by atoms with Gasteiger partial charge in [-0.25, -0.2) is 0 Å². The van der Waals surface area contributed by atoms with Gasteiger partial charge in [0.2, 0.25) is 5.91 Å². The Hall–Kier alpha value is -2.28. The van der Waals surface area contributed by atoms with Crippen molar-refractivity contribution in [3.05, 3.63) is 24.1 Å². The lowest BCUT2D eigenvalue weighted by molar-refractivity contribution is -0.133. The summed E-state index contributed by atoms with van der Waals surface area (Å²) in [6.07, 6.45) is 11.9. The van der Waals surface area contributed by atoms with E-state index < -0.39 is 5.54 Å². The average Bonchev–Trinajstić information content (AvgIpc) is 3.41. The number of hydrogen-bond donors (Lipinski definition) is 1. The fourth-order valence-electron chi connectivity index (χ4n) is 6.54. The molecule has 0 aromatic carbocycles. The highest BCUT2D eigenvalue weighted by Gasteiger charge is 2.48. The van der Waals surface area contributed by atoms with Gasteiger partial charge in [0.1, 0.15) is 11.2 Å². The van der Waals surface area contributed by atoms with Crippen LogP contribution in [0.5, 0.6) is 0 Å². The van der Waals surface area contributed by atoms with Gasteiger partial charge in [0.15, 0.2) is 5.58 Å². The highest BCUT2D eigenvalue weighted by molar-refractivity contribution is 6.02. The van der Waals surface area contributed by atoms with Crippen LogP contribution in [-0.4, -0.2) is 62.9 Å². The summed E-state index contributed by atoms with van der Waals surface area (Å²) in [6.45, 7) is 8.55. The Kier molecular flexibility index (Phi) is 6.49. The predicted octanol–water partition coefficient (Wildman–Crippen LogP) is 4.55. The van der Waals surface area contributed by atoms with Crippen molar-refractivity contribution < 1.29 is 14.0 Å². The van der Waals surface area contributed by atoms with Gasteiger partial charge < -0.3 is 19.2 Å². The quantitative estimate of drug-likeness (QED) is 0.675. The molecule has 186 valence electrons. The SMILES string of the molecule is C[C@@H]1CCC[C@H](C)N1CCCN1C(=O)c2cc3occc3n2C[C@@]1(C)C(=O)NC1CCCCC1. The fraction of sp³-hybridized carbons (Fsp3) is 0.704. The van der Waals surface area contributed by atoms with E-state index in [9.17, 15) is 9.59 Å². The number of likely N-dealkylation sites (tertiary alicyclic amines) is 1. The van der Waals surface area contributed by atoms with Gasteiger partial charge in [0.05, 0.1) is 18.3 Å². The molecular weight excluding hydrogens is 428 g/mol. The van der Waals surface area contributed by atoms with Crippen LogP contribution in [0.2, 0.25) is 0 Å². The maximum Gasteiger partial charge on any atom is 0.271 e. The van der Waals surface area contributed by atoms with Crippen LogP contribution in [0.25, 0.3) is 11.1 Å². The van der Waals surface area contributed by atoms with Crippen molar-refractivity contribution >= 4 is 22.9 Å². The standard InChI is InChI=1S/C27H40N4O3/c1-19-9-7-10-20(2)29(19)14-8-15-31-25(32)23-17-24-22(13-16-34-24)30(23)18-27(31,3)26(33)28-21-11-5-4-6-12-21/h13,16-17,19-21H,4-12,14-15,18H2,1-3H3,(H,28,33)/t19-,20+,27-/m0/s1. The summed E-state index contributed by atoms with van der Waals surface area (Å²) in [6, 6.07) is 5.08. The second-order valence-corrected chi connectivity index (χ2v) is 11.0. The molecule has 0 unspecified atom stereocenters. The van der Waals surface area contributed by atoms with E-state index in [0.29, 0.717) is 36.5 Å². The molecule has 3 aliphatic rings. The number of fused-ring (bicyclic) bond motifs is 3. The molecule has 1 saturated heterocycles. The van der Waals surface area contributed by atoms with E-state index in [1.165, 1.54) is 25.7 Å². The molecule has 2 fully saturated rings. The number of rotatable bonds is 6. The second kappa shape index (κ2) is 9.40. The second-order valence-electron chi connectivity index (χ2n) is 11.0. The molecule has 0 bridgehead atoms. The molecule has 2 aromatic heterocycles. The number of piperidine rings is 1. The molecule has 4 heterocycles. The van der Waals surface area contributed by atoms with Crippen LogP contribution in [0.15, 0.2) is 22.8 Å². The third-order valence-corrected chi connectivity index (χ3v) is 8.65. The van der Waals surface area contributed by atoms with Crippen LogP contribution in [0.3, 0.4) is 0 Å². The molecule has 7 heteroatoms. The number of carbonyl (C=O) groups excluding carboxylic acids is 2. The van der Waals surface area contributed by atoms with Crippen molar-refractivity contribution in [1.82, 2.24) is 19.7 Å². The Morgan fingerprint density at radius 3 is 2.56 bits per heavy atom. The summed E-state index contributed by atoms with van der Waals surface area (Å²) in [4.78, 5) is 32.0. The summed E-state index contributed by atoms with van der Waals surface area (Å²) >= 11 is 0. The van der Waals surface area contributed by atoms with Crippen LogP contribution < -0.4 is 5.32 Å². The first-order chi connectivity index (χ1) is 16.4. The Labute approximate surface area is 202 Å². The average molecular weight is 469 g/mol. The lowest BCUT2D eigenvalue weighted by atomic mass is 9.91. The van der Waals surface area contributed by atoms with E-state index in [2.05, 4.69) is 24.1 Å². The van der Waals surface area contributed by atoms with Crippen molar-refractivity contribution in [2.45, 2.75) is 109 Å². The zero-order valence-electron chi connectivity index (χ0n) is 21.0. The van der Waals surface area contributed by atoms with Crippen molar-refractivity contribution in [3.8, 4) is 0 Å². The largest absolute Gasteiger partial charge is 0.463 e. The van der Waals surface area contributed by atoms with Crippen LogP contribution in [0.1, 0.15) is 89.0 Å². The summed E-state index contributed by atoms with van der Waals surface area (Å²) in [5.41, 5.74) is 1.29. The molecular formula is C27H40N4O3. The third-order valence-electron chi connectivity index (χ3n) is 8.65. The number of nitrogens with one attached hydrogen (secondary N) is 1. The van der Waals surface area contributed by atoms with Gasteiger partial charge in [-0.1, -0.05) is 25.7 Å². The van der Waals surface area contributed by atoms with Crippen LogP contribution in [-0.2, 0) is 11.3 Å². The molecule has 3 atom stereocenters. The lowest BCUT2D eigenvalue weighted by Gasteiger charge is -2.45. The molecule has 1 saturated carbocycles. The minimum atomic E-state index is -0.927. The van der Waals surface area contributed by atoms with Crippen molar-refractivity contribution in [1.29, 1.82) is 0 Å². The van der Waals surface area contributed by atoms with E-state index in [1.54, 1.807) is 6.26 Å². The number of aromatic nitrogens is 1. The van der Waals surface area contributed by atoms with E-state index >= 15 is 0 Å². The van der Waals surface area contributed by atoms with E-state index in [1.807, 2.05) is 28.5 Å². The number of furan rings is 1. The normalized spacial score (nSPS) is 28.9. The highest BCUT2D eigenvalue weighted by Crippen LogP contribution is 2.33. The monoisotopic (exact) mass is 468 g/mol. The van der Waals surface area contributed by atoms with E-state index in [-0.39, 0.29) is 17.9 Å². The Bertz CT molecular complexity index is 1030. The van der Waals surface area contributed by atoms with Crippen LogP contribution >= 0.6 is 0 Å². The van der Waals surface area contributed by atoms with E-state index in [4.69, 9.17) is 4.42 Å². The van der Waals surface area contributed by atoms with Gasteiger partial charge in [0, 0.05) is 43.3 Å². The minimum Gasteiger partial charge on any atom is -0.463 e. The first-order valence-electron chi connectivity index (χ1n) is 13.3.